The lowest BCUT2D eigenvalue weighted by Gasteiger charge is -2.30. The number of nitrogens with zero attached hydrogens (tertiary/aromatic N) is 2. The molecule has 0 radical (unpaired) electrons. The molecule has 1 aromatic rings. The lowest BCUT2D eigenvalue weighted by Crippen LogP contribution is -2.55. The molecular weight excluding hydrogens is 512 g/mol. The van der Waals surface area contributed by atoms with E-state index in [9.17, 15) is 39.3 Å². The number of likely N-dealkylation sites (tertiary alicyclic amines) is 2. The predicted molar refractivity (Wildman–Crippen MR) is 136 cm³/mol. The fraction of sp³-hybridized carbons (Fsp3) is 0.577. The van der Waals surface area contributed by atoms with Gasteiger partial charge in [0.15, 0.2) is 0 Å². The van der Waals surface area contributed by atoms with E-state index >= 15 is 0 Å². The van der Waals surface area contributed by atoms with Gasteiger partial charge in [0.05, 0.1) is 25.1 Å². The normalized spacial score (nSPS) is 21.3. The number of phenols is 1. The number of carboxylic acid groups (broad SMARTS) is 2. The average molecular weight is 549 g/mol. The van der Waals surface area contributed by atoms with E-state index in [1.54, 1.807) is 12.1 Å². The minimum absolute atomic E-state index is 0.00166. The molecule has 0 aliphatic carbocycles. The van der Waals surface area contributed by atoms with E-state index in [4.69, 9.17) is 10.5 Å². The first-order valence-corrected chi connectivity index (χ1v) is 13.0. The number of hydrogen-bond acceptors (Lipinski definition) is 8. The standard InChI is InChI=1S/C26H36N4O9/c1-15(24(35)30-11-3-5-21(30)26(37)38)39-14-17-4-2-10-29(17)25(36)20(13-22(32)33)28-23(34)19(27)12-16-6-8-18(31)9-7-16/h6-9,15,17,19-21,31H,2-5,10-14,27H2,1H3,(H,28,34)(H,32,33)(H,37,38)/t15-,17-,19-,20-,21-/m0/s1. The number of rotatable bonds is 12. The zero-order chi connectivity index (χ0) is 28.7. The van der Waals surface area contributed by atoms with Crippen molar-refractivity contribution in [2.75, 3.05) is 19.7 Å². The van der Waals surface area contributed by atoms with Crippen LogP contribution in [0.4, 0.5) is 0 Å². The highest BCUT2D eigenvalue weighted by Crippen LogP contribution is 2.22. The zero-order valence-corrected chi connectivity index (χ0v) is 21.8. The SMILES string of the molecule is C[C@H](OC[C@@H]1CCCN1C(=O)[C@H](CC(=O)O)NC(=O)[C@@H](N)Cc1ccc(O)cc1)C(=O)N1CCC[C@H]1C(=O)O. The first kappa shape index (κ1) is 29.8. The Hall–Kier alpha value is -3.71. The van der Waals surface area contributed by atoms with Crippen LogP contribution in [0.15, 0.2) is 24.3 Å². The monoisotopic (exact) mass is 548 g/mol. The first-order valence-electron chi connectivity index (χ1n) is 13.0. The molecule has 0 saturated carbocycles. The molecule has 3 amide bonds. The van der Waals surface area contributed by atoms with Gasteiger partial charge >= 0.3 is 11.9 Å². The molecule has 13 heteroatoms. The molecular formula is C26H36N4O9. The maximum Gasteiger partial charge on any atom is 0.326 e. The minimum atomic E-state index is -1.35. The van der Waals surface area contributed by atoms with Crippen molar-refractivity contribution < 1.29 is 44.0 Å². The number of carbonyl (C=O) groups excluding carboxylic acids is 3. The Morgan fingerprint density at radius 1 is 1.03 bits per heavy atom. The van der Waals surface area contributed by atoms with E-state index in [-0.39, 0.29) is 18.8 Å². The molecule has 6 N–H and O–H groups in total. The minimum Gasteiger partial charge on any atom is -0.508 e. The average Bonchev–Trinajstić information content (AvgIpc) is 3.57. The van der Waals surface area contributed by atoms with Gasteiger partial charge in [-0.25, -0.2) is 4.79 Å². The fourth-order valence-electron chi connectivity index (χ4n) is 4.98. The number of nitrogens with two attached hydrogens (primary N) is 1. The summed E-state index contributed by atoms with van der Waals surface area (Å²) < 4.78 is 5.74. The molecule has 2 aliphatic heterocycles. The van der Waals surface area contributed by atoms with Crippen LogP contribution < -0.4 is 11.1 Å². The van der Waals surface area contributed by atoms with Crippen molar-refractivity contribution in [1.82, 2.24) is 15.1 Å². The van der Waals surface area contributed by atoms with Crippen LogP contribution in [0.3, 0.4) is 0 Å². The van der Waals surface area contributed by atoms with Crippen molar-refractivity contribution >= 4 is 29.7 Å². The summed E-state index contributed by atoms with van der Waals surface area (Å²) in [7, 11) is 0. The maximum atomic E-state index is 13.3. The van der Waals surface area contributed by atoms with E-state index in [0.717, 1.165) is 0 Å². The smallest absolute Gasteiger partial charge is 0.326 e. The summed E-state index contributed by atoms with van der Waals surface area (Å²) in [4.78, 5) is 64.5. The summed E-state index contributed by atoms with van der Waals surface area (Å²) in [5.41, 5.74) is 6.68. The van der Waals surface area contributed by atoms with Crippen LogP contribution >= 0.6 is 0 Å². The van der Waals surface area contributed by atoms with E-state index in [2.05, 4.69) is 5.32 Å². The van der Waals surface area contributed by atoms with Crippen molar-refractivity contribution in [2.45, 2.75) is 75.7 Å². The number of aromatic hydroxyl groups is 1. The molecule has 3 rings (SSSR count). The number of carboxylic acids is 2. The summed E-state index contributed by atoms with van der Waals surface area (Å²) in [5.74, 6) is -3.98. The van der Waals surface area contributed by atoms with Crippen molar-refractivity contribution in [3.05, 3.63) is 29.8 Å². The van der Waals surface area contributed by atoms with Gasteiger partial charge in [0, 0.05) is 13.1 Å². The van der Waals surface area contributed by atoms with Gasteiger partial charge in [-0.2, -0.15) is 0 Å². The molecule has 13 nitrogen and oxygen atoms in total. The highest BCUT2D eigenvalue weighted by atomic mass is 16.5. The molecule has 5 atom stereocenters. The van der Waals surface area contributed by atoms with E-state index in [1.807, 2.05) is 0 Å². The Morgan fingerprint density at radius 3 is 2.31 bits per heavy atom. The summed E-state index contributed by atoms with van der Waals surface area (Å²) in [6, 6.07) is 2.40. The van der Waals surface area contributed by atoms with Crippen LogP contribution in [0.5, 0.6) is 5.75 Å². The van der Waals surface area contributed by atoms with Crippen LogP contribution in [-0.2, 0) is 35.1 Å². The van der Waals surface area contributed by atoms with Crippen LogP contribution in [0.25, 0.3) is 0 Å². The summed E-state index contributed by atoms with van der Waals surface area (Å²) in [6.07, 6.45) is 0.720. The zero-order valence-electron chi connectivity index (χ0n) is 21.8. The third kappa shape index (κ3) is 7.90. The van der Waals surface area contributed by atoms with Crippen LogP contribution in [-0.4, -0.2) is 105 Å². The van der Waals surface area contributed by atoms with Crippen LogP contribution in [0, 0.1) is 0 Å². The topological polar surface area (TPSA) is 200 Å². The lowest BCUT2D eigenvalue weighted by atomic mass is 10.0. The Labute approximate surface area is 225 Å². The van der Waals surface area contributed by atoms with Crippen molar-refractivity contribution in [1.29, 1.82) is 0 Å². The predicted octanol–water partition coefficient (Wildman–Crippen LogP) is -0.307. The van der Waals surface area contributed by atoms with Gasteiger partial charge in [0.2, 0.25) is 11.8 Å². The second-order valence-corrected chi connectivity index (χ2v) is 9.97. The molecule has 2 saturated heterocycles. The van der Waals surface area contributed by atoms with Crippen molar-refractivity contribution in [3.63, 3.8) is 0 Å². The highest BCUT2D eigenvalue weighted by Gasteiger charge is 2.38. The van der Waals surface area contributed by atoms with Gasteiger partial charge < -0.3 is 40.9 Å². The number of nitrogens with one attached hydrogen (secondary N) is 1. The Kier molecular flexibility index (Phi) is 10.2. The largest absolute Gasteiger partial charge is 0.508 e. The molecule has 0 bridgehead atoms. The molecule has 2 heterocycles. The number of benzene rings is 1. The van der Waals surface area contributed by atoms with Crippen molar-refractivity contribution in [2.24, 2.45) is 5.73 Å². The molecule has 1 aromatic carbocycles. The molecule has 2 fully saturated rings. The van der Waals surface area contributed by atoms with E-state index in [1.165, 1.54) is 28.9 Å². The van der Waals surface area contributed by atoms with Gasteiger partial charge in [0.25, 0.3) is 5.91 Å². The van der Waals surface area contributed by atoms with Crippen molar-refractivity contribution in [3.8, 4) is 5.75 Å². The highest BCUT2D eigenvalue weighted by molar-refractivity contribution is 5.92. The van der Waals surface area contributed by atoms with Gasteiger partial charge in [-0.3, -0.25) is 19.2 Å². The third-order valence-corrected chi connectivity index (χ3v) is 7.09. The van der Waals surface area contributed by atoms with E-state index < -0.39 is 66.4 Å². The number of phenolic OH excluding ortho intramolecular Hbond substituents is 1. The summed E-state index contributed by atoms with van der Waals surface area (Å²) in [6.45, 7) is 2.19. The second kappa shape index (κ2) is 13.4. The van der Waals surface area contributed by atoms with Crippen LogP contribution in [0.1, 0.15) is 44.6 Å². The molecule has 2 aliphatic rings. The van der Waals surface area contributed by atoms with Crippen LogP contribution in [0.2, 0.25) is 0 Å². The molecule has 0 aromatic heterocycles. The van der Waals surface area contributed by atoms with Gasteiger partial charge in [0.1, 0.15) is 23.9 Å². The van der Waals surface area contributed by atoms with Gasteiger partial charge in [-0.15, -0.1) is 0 Å². The Balaban J connectivity index is 1.59. The number of hydrogen-bond donors (Lipinski definition) is 5. The van der Waals surface area contributed by atoms with E-state index in [0.29, 0.717) is 44.3 Å². The molecule has 0 spiro atoms. The summed E-state index contributed by atoms with van der Waals surface area (Å²) >= 11 is 0. The number of amides is 3. The number of carbonyl (C=O) groups is 5. The number of ether oxygens (including phenoxy) is 1. The molecule has 39 heavy (non-hydrogen) atoms. The third-order valence-electron chi connectivity index (χ3n) is 7.09. The molecule has 0 unspecified atom stereocenters. The maximum absolute atomic E-state index is 13.3. The van der Waals surface area contributed by atoms with Gasteiger partial charge in [-0.1, -0.05) is 12.1 Å². The fourth-order valence-corrected chi connectivity index (χ4v) is 4.98. The summed E-state index contributed by atoms with van der Waals surface area (Å²) in [5, 5.41) is 30.6. The lowest BCUT2D eigenvalue weighted by molar-refractivity contribution is -0.154. The Bertz CT molecular complexity index is 1060. The Morgan fingerprint density at radius 2 is 1.67 bits per heavy atom. The molecule has 214 valence electrons. The quantitative estimate of drug-likeness (QED) is 0.231. The second-order valence-electron chi connectivity index (χ2n) is 9.97. The van der Waals surface area contributed by atoms with Gasteiger partial charge in [-0.05, 0) is 56.7 Å². The number of aliphatic carboxylic acids is 2. The first-order chi connectivity index (χ1) is 18.5.